The number of benzene rings is 2. The predicted molar refractivity (Wildman–Crippen MR) is 96.7 cm³/mol. The third-order valence-electron chi connectivity index (χ3n) is 5.12. The summed E-state index contributed by atoms with van der Waals surface area (Å²) >= 11 is 5.91. The second kappa shape index (κ2) is 7.11. The Balaban J connectivity index is 2.08. The molecule has 0 spiro atoms. The van der Waals surface area contributed by atoms with Crippen molar-refractivity contribution in [2.75, 3.05) is 13.2 Å². The number of hydrogen-bond acceptors (Lipinski definition) is 3. The third kappa shape index (κ3) is 3.73. The van der Waals surface area contributed by atoms with Gasteiger partial charge in [-0.25, -0.2) is 8.42 Å². The Morgan fingerprint density at radius 2 is 1.81 bits per heavy atom. The van der Waals surface area contributed by atoms with Crippen molar-refractivity contribution in [3.63, 3.8) is 0 Å². The maximum Gasteiger partial charge on any atom is 0.416 e. The van der Waals surface area contributed by atoms with Crippen LogP contribution in [0.25, 0.3) is 0 Å². The highest BCUT2D eigenvalue weighted by Crippen LogP contribution is 2.44. The molecule has 27 heavy (non-hydrogen) atoms. The Bertz CT molecular complexity index is 926. The summed E-state index contributed by atoms with van der Waals surface area (Å²) in [6.45, 7) is 1.96. The van der Waals surface area contributed by atoms with E-state index in [1.54, 1.807) is 31.2 Å². The van der Waals surface area contributed by atoms with E-state index in [-0.39, 0.29) is 24.5 Å². The molecule has 146 valence electrons. The second-order valence-corrected chi connectivity index (χ2v) is 9.62. The molecule has 0 bridgehead atoms. The van der Waals surface area contributed by atoms with Crippen molar-refractivity contribution in [3.05, 3.63) is 64.7 Å². The number of halogens is 4. The fraction of sp³-hybridized carbons (Fsp3) is 0.368. The monoisotopic (exact) mass is 418 g/mol. The van der Waals surface area contributed by atoms with Gasteiger partial charge >= 0.3 is 6.18 Å². The molecular weight excluding hydrogens is 401 g/mol. The topological polar surface area (TPSA) is 43.4 Å². The fourth-order valence-corrected chi connectivity index (χ4v) is 5.54. The van der Waals surface area contributed by atoms with Crippen molar-refractivity contribution in [1.82, 2.24) is 0 Å². The number of rotatable bonds is 3. The van der Waals surface area contributed by atoms with Gasteiger partial charge in [0.15, 0.2) is 9.84 Å². The van der Waals surface area contributed by atoms with E-state index in [2.05, 4.69) is 0 Å². The Labute approximate surface area is 161 Å². The SMILES string of the molecule is CC1(S(=O)(=O)c2cccc(C(F)(F)F)c2)CCOCC1c1ccc(Cl)cc1. The van der Waals surface area contributed by atoms with Gasteiger partial charge in [-0.3, -0.25) is 0 Å². The molecule has 1 aliphatic heterocycles. The molecule has 2 aromatic rings. The lowest BCUT2D eigenvalue weighted by Crippen LogP contribution is -2.47. The van der Waals surface area contributed by atoms with Gasteiger partial charge in [-0.05, 0) is 49.2 Å². The van der Waals surface area contributed by atoms with Crippen LogP contribution >= 0.6 is 11.6 Å². The van der Waals surface area contributed by atoms with Crippen LogP contribution in [-0.2, 0) is 20.8 Å². The summed E-state index contributed by atoms with van der Waals surface area (Å²) in [5.74, 6) is -0.525. The van der Waals surface area contributed by atoms with Gasteiger partial charge in [-0.2, -0.15) is 13.2 Å². The average Bonchev–Trinajstić information content (AvgIpc) is 2.62. The number of alkyl halides is 3. The number of hydrogen-bond donors (Lipinski definition) is 0. The van der Waals surface area contributed by atoms with Crippen LogP contribution in [0.4, 0.5) is 13.2 Å². The standard InChI is InChI=1S/C19H18ClF3O3S/c1-18(9-10-26-12-17(18)13-5-7-15(20)8-6-13)27(24,25)16-4-2-3-14(11-16)19(21,22)23/h2-8,11,17H,9-10,12H2,1H3. The minimum absolute atomic E-state index is 0.163. The number of sulfone groups is 1. The molecular formula is C19H18ClF3O3S. The van der Waals surface area contributed by atoms with Crippen molar-refractivity contribution in [2.45, 2.75) is 35.1 Å². The molecule has 2 aromatic carbocycles. The van der Waals surface area contributed by atoms with Crippen molar-refractivity contribution < 1.29 is 26.3 Å². The third-order valence-corrected chi connectivity index (χ3v) is 7.97. The summed E-state index contributed by atoms with van der Waals surface area (Å²) in [5, 5.41) is 0.512. The van der Waals surface area contributed by atoms with E-state index >= 15 is 0 Å². The fourth-order valence-electron chi connectivity index (χ4n) is 3.40. The summed E-state index contributed by atoms with van der Waals surface area (Å²) in [4.78, 5) is -0.333. The summed E-state index contributed by atoms with van der Waals surface area (Å²) < 4.78 is 70.1. The Hall–Kier alpha value is -1.57. The molecule has 2 atom stereocenters. The molecule has 1 aliphatic rings. The first-order chi connectivity index (χ1) is 12.6. The maximum atomic E-state index is 13.4. The minimum Gasteiger partial charge on any atom is -0.381 e. The molecule has 0 amide bonds. The van der Waals surface area contributed by atoms with E-state index in [0.29, 0.717) is 11.1 Å². The van der Waals surface area contributed by atoms with Gasteiger partial charge < -0.3 is 4.74 Å². The normalized spacial score (nSPS) is 24.0. The van der Waals surface area contributed by atoms with Gasteiger partial charge in [0.25, 0.3) is 0 Å². The molecule has 3 rings (SSSR count). The van der Waals surface area contributed by atoms with Crippen molar-refractivity contribution >= 4 is 21.4 Å². The van der Waals surface area contributed by atoms with Gasteiger partial charge in [-0.1, -0.05) is 29.8 Å². The molecule has 8 heteroatoms. The summed E-state index contributed by atoms with van der Waals surface area (Å²) in [6.07, 6.45) is -4.43. The lowest BCUT2D eigenvalue weighted by molar-refractivity contribution is -0.137. The van der Waals surface area contributed by atoms with Crippen LogP contribution in [0.1, 0.15) is 30.4 Å². The highest BCUT2D eigenvalue weighted by Gasteiger charge is 2.49. The first kappa shape index (κ1) is 20.2. The summed E-state index contributed by atoms with van der Waals surface area (Å²) in [5.41, 5.74) is -0.264. The zero-order chi connectivity index (χ0) is 19.9. The van der Waals surface area contributed by atoms with E-state index in [0.717, 1.165) is 17.7 Å². The van der Waals surface area contributed by atoms with Crippen LogP contribution in [0.15, 0.2) is 53.4 Å². The van der Waals surface area contributed by atoms with Crippen molar-refractivity contribution in [2.24, 2.45) is 0 Å². The predicted octanol–water partition coefficient (Wildman–Crippen LogP) is 5.10. The van der Waals surface area contributed by atoms with Crippen LogP contribution in [0.5, 0.6) is 0 Å². The van der Waals surface area contributed by atoms with Crippen molar-refractivity contribution in [1.29, 1.82) is 0 Å². The molecule has 1 fully saturated rings. The van der Waals surface area contributed by atoms with Gasteiger partial charge in [0.1, 0.15) is 0 Å². The van der Waals surface area contributed by atoms with E-state index in [1.165, 1.54) is 6.07 Å². The van der Waals surface area contributed by atoms with Gasteiger partial charge in [0.05, 0.1) is 21.8 Å². The van der Waals surface area contributed by atoms with Crippen LogP contribution in [0.2, 0.25) is 5.02 Å². The molecule has 3 nitrogen and oxygen atoms in total. The van der Waals surface area contributed by atoms with Crippen LogP contribution < -0.4 is 0 Å². The summed E-state index contributed by atoms with van der Waals surface area (Å²) in [6, 6.07) is 10.7. The maximum absolute atomic E-state index is 13.4. The Morgan fingerprint density at radius 1 is 1.15 bits per heavy atom. The number of ether oxygens (including phenoxy) is 1. The van der Waals surface area contributed by atoms with Gasteiger partial charge in [0, 0.05) is 17.5 Å². The van der Waals surface area contributed by atoms with E-state index in [9.17, 15) is 21.6 Å². The lowest BCUT2D eigenvalue weighted by atomic mass is 9.83. The molecule has 0 aliphatic carbocycles. The molecule has 0 radical (unpaired) electrons. The largest absolute Gasteiger partial charge is 0.416 e. The molecule has 1 heterocycles. The highest BCUT2D eigenvalue weighted by molar-refractivity contribution is 7.92. The van der Waals surface area contributed by atoms with E-state index in [1.807, 2.05) is 0 Å². The second-order valence-electron chi connectivity index (χ2n) is 6.77. The van der Waals surface area contributed by atoms with Gasteiger partial charge in [0.2, 0.25) is 0 Å². The van der Waals surface area contributed by atoms with E-state index < -0.39 is 32.2 Å². The summed E-state index contributed by atoms with van der Waals surface area (Å²) in [7, 11) is -4.06. The van der Waals surface area contributed by atoms with Crippen LogP contribution in [-0.4, -0.2) is 26.4 Å². The zero-order valence-corrected chi connectivity index (χ0v) is 16.0. The van der Waals surface area contributed by atoms with Gasteiger partial charge in [-0.15, -0.1) is 0 Å². The lowest BCUT2D eigenvalue weighted by Gasteiger charge is -2.41. The first-order valence-corrected chi connectivity index (χ1v) is 10.2. The minimum atomic E-state index is -4.61. The molecule has 1 saturated heterocycles. The van der Waals surface area contributed by atoms with Crippen LogP contribution in [0.3, 0.4) is 0 Å². The zero-order valence-electron chi connectivity index (χ0n) is 14.5. The molecule has 0 saturated carbocycles. The smallest absolute Gasteiger partial charge is 0.381 e. The van der Waals surface area contributed by atoms with Crippen molar-refractivity contribution in [3.8, 4) is 0 Å². The Kier molecular flexibility index (Phi) is 5.31. The van der Waals surface area contributed by atoms with Crippen LogP contribution in [0, 0.1) is 0 Å². The molecule has 0 aromatic heterocycles. The molecule has 0 N–H and O–H groups in total. The highest BCUT2D eigenvalue weighted by atomic mass is 35.5. The quantitative estimate of drug-likeness (QED) is 0.696. The molecule has 2 unspecified atom stereocenters. The Morgan fingerprint density at radius 3 is 2.44 bits per heavy atom. The first-order valence-electron chi connectivity index (χ1n) is 8.31. The van der Waals surface area contributed by atoms with E-state index in [4.69, 9.17) is 16.3 Å². The average molecular weight is 419 g/mol.